The van der Waals surface area contributed by atoms with Crippen LogP contribution in [0.1, 0.15) is 24.9 Å². The molecule has 0 amide bonds. The van der Waals surface area contributed by atoms with E-state index in [1.165, 1.54) is 11.6 Å². The summed E-state index contributed by atoms with van der Waals surface area (Å²) in [6.07, 6.45) is 9.87. The van der Waals surface area contributed by atoms with Crippen molar-refractivity contribution >= 4 is 0 Å². The summed E-state index contributed by atoms with van der Waals surface area (Å²) >= 11 is 0. The SMILES string of the molecule is Cn1c(=O)n2n(c1=O)[C@H]1C=C[C@@H]2C=CCC1. The molecule has 1 aliphatic carbocycles. The summed E-state index contributed by atoms with van der Waals surface area (Å²) in [6.45, 7) is 0. The Kier molecular flexibility index (Phi) is 1.83. The van der Waals surface area contributed by atoms with Gasteiger partial charge in [0.15, 0.2) is 0 Å². The average molecular weight is 219 g/mol. The molecule has 5 nitrogen and oxygen atoms in total. The monoisotopic (exact) mass is 219 g/mol. The fraction of sp³-hybridized carbons (Fsp3) is 0.455. The fourth-order valence-electron chi connectivity index (χ4n) is 2.42. The zero-order chi connectivity index (χ0) is 11.3. The molecule has 2 atom stereocenters. The molecule has 0 N–H and O–H groups in total. The van der Waals surface area contributed by atoms with Gasteiger partial charge in [-0.15, -0.1) is 0 Å². The summed E-state index contributed by atoms with van der Waals surface area (Å²) in [5, 5.41) is 0. The van der Waals surface area contributed by atoms with Gasteiger partial charge in [0.2, 0.25) is 0 Å². The lowest BCUT2D eigenvalue weighted by Crippen LogP contribution is -2.35. The third kappa shape index (κ3) is 1.05. The van der Waals surface area contributed by atoms with Crippen LogP contribution >= 0.6 is 0 Å². The molecule has 3 rings (SSSR count). The van der Waals surface area contributed by atoms with Gasteiger partial charge < -0.3 is 0 Å². The Labute approximate surface area is 91.9 Å². The summed E-state index contributed by atoms with van der Waals surface area (Å²) in [6, 6.07) is -0.0967. The largest absolute Gasteiger partial charge is 0.347 e. The van der Waals surface area contributed by atoms with Crippen LogP contribution in [-0.4, -0.2) is 13.9 Å². The van der Waals surface area contributed by atoms with Gasteiger partial charge in [-0.1, -0.05) is 24.3 Å². The van der Waals surface area contributed by atoms with Gasteiger partial charge in [-0.05, 0) is 12.8 Å². The second kappa shape index (κ2) is 3.10. The first-order valence-electron chi connectivity index (χ1n) is 5.45. The van der Waals surface area contributed by atoms with Gasteiger partial charge in [0, 0.05) is 7.05 Å². The second-order valence-corrected chi connectivity index (χ2v) is 4.26. The Morgan fingerprint density at radius 2 is 1.88 bits per heavy atom. The first-order valence-corrected chi connectivity index (χ1v) is 5.45. The van der Waals surface area contributed by atoms with Gasteiger partial charge in [-0.25, -0.2) is 23.5 Å². The zero-order valence-corrected chi connectivity index (χ0v) is 9.04. The van der Waals surface area contributed by atoms with Crippen LogP contribution in [0.3, 0.4) is 0 Å². The van der Waals surface area contributed by atoms with Gasteiger partial charge in [0.05, 0.1) is 12.1 Å². The van der Waals surface area contributed by atoms with Crippen molar-refractivity contribution in [2.45, 2.75) is 24.9 Å². The third-order valence-electron chi connectivity index (χ3n) is 3.29. The quantitative estimate of drug-likeness (QED) is 0.591. The van der Waals surface area contributed by atoms with Crippen LogP contribution in [0.25, 0.3) is 0 Å². The van der Waals surface area contributed by atoms with Gasteiger partial charge in [-0.3, -0.25) is 0 Å². The van der Waals surface area contributed by atoms with E-state index in [9.17, 15) is 9.59 Å². The molecule has 2 bridgehead atoms. The third-order valence-corrected chi connectivity index (χ3v) is 3.29. The maximum absolute atomic E-state index is 11.9. The van der Waals surface area contributed by atoms with Crippen LogP contribution in [0.2, 0.25) is 0 Å². The molecule has 16 heavy (non-hydrogen) atoms. The highest BCUT2D eigenvalue weighted by atomic mass is 16.2. The van der Waals surface area contributed by atoms with Crippen molar-refractivity contribution in [3.05, 3.63) is 45.3 Å². The van der Waals surface area contributed by atoms with Crippen molar-refractivity contribution in [3.8, 4) is 0 Å². The number of hydrogen-bond donors (Lipinski definition) is 0. The number of rotatable bonds is 0. The normalized spacial score (nSPS) is 26.6. The van der Waals surface area contributed by atoms with Crippen molar-refractivity contribution in [2.75, 3.05) is 0 Å². The van der Waals surface area contributed by atoms with E-state index in [1.54, 1.807) is 9.36 Å². The van der Waals surface area contributed by atoms with Crippen molar-refractivity contribution < 1.29 is 0 Å². The molecule has 1 aromatic heterocycles. The Morgan fingerprint density at radius 1 is 1.12 bits per heavy atom. The predicted octanol–water partition coefficient (Wildman–Crippen LogP) is 0.350. The highest BCUT2D eigenvalue weighted by Crippen LogP contribution is 2.25. The highest BCUT2D eigenvalue weighted by molar-refractivity contribution is 5.13. The molecule has 0 saturated carbocycles. The van der Waals surface area contributed by atoms with E-state index in [-0.39, 0.29) is 23.5 Å². The molecule has 0 radical (unpaired) electrons. The average Bonchev–Trinajstić information content (AvgIpc) is 2.45. The highest BCUT2D eigenvalue weighted by Gasteiger charge is 2.27. The molecule has 0 fully saturated rings. The van der Waals surface area contributed by atoms with Gasteiger partial charge in [-0.2, -0.15) is 0 Å². The summed E-state index contributed by atoms with van der Waals surface area (Å²) in [4.78, 5) is 23.9. The summed E-state index contributed by atoms with van der Waals surface area (Å²) in [7, 11) is 1.53. The minimum atomic E-state index is -0.240. The summed E-state index contributed by atoms with van der Waals surface area (Å²) in [5.74, 6) is 0. The number of allylic oxidation sites excluding steroid dienone is 4. The first kappa shape index (κ1) is 9.45. The van der Waals surface area contributed by atoms with Crippen molar-refractivity contribution in [1.29, 1.82) is 0 Å². The molecule has 1 aromatic rings. The van der Waals surface area contributed by atoms with E-state index in [0.29, 0.717) is 0 Å². The second-order valence-electron chi connectivity index (χ2n) is 4.26. The number of aromatic nitrogens is 3. The maximum Gasteiger partial charge on any atom is 0.347 e. The molecule has 2 heterocycles. The van der Waals surface area contributed by atoms with E-state index < -0.39 is 0 Å². The topological polar surface area (TPSA) is 48.9 Å². The molecule has 2 aliphatic rings. The van der Waals surface area contributed by atoms with Crippen LogP contribution in [0.15, 0.2) is 33.9 Å². The molecule has 0 saturated heterocycles. The molecule has 5 heteroatoms. The van der Waals surface area contributed by atoms with Gasteiger partial charge >= 0.3 is 11.4 Å². The van der Waals surface area contributed by atoms with E-state index in [2.05, 4.69) is 6.08 Å². The van der Waals surface area contributed by atoms with Crippen LogP contribution in [0, 0.1) is 0 Å². The standard InChI is InChI=1S/C11H13N3O2/c1-12-10(15)13-8-4-2-3-5-9(7-6-8)14(13)11(12)16/h2,4,6-9H,3,5H2,1H3/t8-,9+/m0/s1. The Morgan fingerprint density at radius 3 is 2.69 bits per heavy atom. The summed E-state index contributed by atoms with van der Waals surface area (Å²) < 4.78 is 4.30. The fourth-order valence-corrected chi connectivity index (χ4v) is 2.42. The van der Waals surface area contributed by atoms with Crippen molar-refractivity contribution in [3.63, 3.8) is 0 Å². The minimum Gasteiger partial charge on any atom is -0.246 e. The maximum atomic E-state index is 11.9. The Bertz CT molecular complexity index is 600. The van der Waals surface area contributed by atoms with Crippen molar-refractivity contribution in [1.82, 2.24) is 13.9 Å². The first-order chi connectivity index (χ1) is 7.70. The van der Waals surface area contributed by atoms with Crippen LogP contribution in [-0.2, 0) is 7.05 Å². The Balaban J connectivity index is 2.38. The van der Waals surface area contributed by atoms with Crippen LogP contribution in [0.5, 0.6) is 0 Å². The van der Waals surface area contributed by atoms with Crippen LogP contribution in [0.4, 0.5) is 0 Å². The van der Waals surface area contributed by atoms with Gasteiger partial charge in [0.25, 0.3) is 0 Å². The van der Waals surface area contributed by atoms with E-state index in [4.69, 9.17) is 0 Å². The van der Waals surface area contributed by atoms with E-state index in [1.807, 2.05) is 18.2 Å². The zero-order valence-electron chi connectivity index (χ0n) is 9.04. The lowest BCUT2D eigenvalue weighted by Gasteiger charge is -2.26. The molecule has 0 unspecified atom stereocenters. The number of nitrogens with zero attached hydrogens (tertiary/aromatic N) is 3. The van der Waals surface area contributed by atoms with Crippen molar-refractivity contribution in [2.24, 2.45) is 7.05 Å². The molecule has 0 aromatic carbocycles. The van der Waals surface area contributed by atoms with Gasteiger partial charge in [0.1, 0.15) is 0 Å². The smallest absolute Gasteiger partial charge is 0.246 e. The predicted molar refractivity (Wildman–Crippen MR) is 59.5 cm³/mol. The number of hydrogen-bond acceptors (Lipinski definition) is 2. The number of fused-ring (bicyclic) bond motifs is 5. The Hall–Kier alpha value is -1.78. The summed E-state index contributed by atoms with van der Waals surface area (Å²) in [5.41, 5.74) is -0.462. The van der Waals surface area contributed by atoms with Crippen LogP contribution < -0.4 is 11.4 Å². The van der Waals surface area contributed by atoms with E-state index in [0.717, 1.165) is 12.8 Å². The molecular formula is C11H13N3O2. The molecule has 0 spiro atoms. The molecule has 84 valence electrons. The lowest BCUT2D eigenvalue weighted by atomic mass is 10.0. The van der Waals surface area contributed by atoms with E-state index >= 15 is 0 Å². The molecule has 1 aliphatic heterocycles. The minimum absolute atomic E-state index is 0.0163. The molecular weight excluding hydrogens is 206 g/mol. The lowest BCUT2D eigenvalue weighted by molar-refractivity contribution is 0.356.